The molecule has 2 N–H and O–H groups in total. The average molecular weight is 153 g/mol. The Morgan fingerprint density at radius 2 is 2.27 bits per heavy atom. The van der Waals surface area contributed by atoms with Gasteiger partial charge in [-0.1, -0.05) is 0 Å². The van der Waals surface area contributed by atoms with E-state index in [1.54, 1.807) is 13.2 Å². The summed E-state index contributed by atoms with van der Waals surface area (Å²) in [5.41, 5.74) is 6.38. The van der Waals surface area contributed by atoms with Gasteiger partial charge in [0.05, 0.1) is 12.8 Å². The van der Waals surface area contributed by atoms with Crippen LogP contribution in [0.2, 0.25) is 0 Å². The zero-order valence-electron chi connectivity index (χ0n) is 6.61. The first-order valence-corrected chi connectivity index (χ1v) is 3.35. The maximum Gasteiger partial charge on any atom is 0.216 e. The average Bonchev–Trinajstić information content (AvgIpc) is 2.05. The molecule has 4 heteroatoms. The van der Waals surface area contributed by atoms with Crippen molar-refractivity contribution in [2.75, 3.05) is 7.11 Å². The molecule has 0 amide bonds. The number of methoxy groups -OCH3 is 1. The molecule has 0 fully saturated rings. The monoisotopic (exact) mass is 153 g/mol. The SMILES string of the molecule is COc1cc([C@H](C)N)ncn1. The molecule has 0 aliphatic rings. The summed E-state index contributed by atoms with van der Waals surface area (Å²) in [5.74, 6) is 0.548. The molecular formula is C7H11N3O. The molecule has 1 heterocycles. The number of rotatable bonds is 2. The fourth-order valence-electron chi connectivity index (χ4n) is 0.714. The highest BCUT2D eigenvalue weighted by atomic mass is 16.5. The Kier molecular flexibility index (Phi) is 2.38. The Labute approximate surface area is 65.4 Å². The van der Waals surface area contributed by atoms with Crippen molar-refractivity contribution in [1.82, 2.24) is 9.97 Å². The largest absolute Gasteiger partial charge is 0.481 e. The zero-order chi connectivity index (χ0) is 8.27. The van der Waals surface area contributed by atoms with Gasteiger partial charge in [0.25, 0.3) is 0 Å². The number of aromatic nitrogens is 2. The smallest absolute Gasteiger partial charge is 0.216 e. The second-order valence-electron chi connectivity index (χ2n) is 2.27. The summed E-state index contributed by atoms with van der Waals surface area (Å²) in [6.07, 6.45) is 1.44. The third kappa shape index (κ3) is 1.88. The number of ether oxygens (including phenoxy) is 1. The molecule has 0 saturated heterocycles. The van der Waals surface area contributed by atoms with Gasteiger partial charge >= 0.3 is 0 Å². The van der Waals surface area contributed by atoms with Gasteiger partial charge in [0.2, 0.25) is 5.88 Å². The lowest BCUT2D eigenvalue weighted by molar-refractivity contribution is 0.395. The Morgan fingerprint density at radius 3 is 2.82 bits per heavy atom. The molecule has 1 rings (SSSR count). The molecule has 0 spiro atoms. The van der Waals surface area contributed by atoms with Gasteiger partial charge in [0, 0.05) is 12.1 Å². The van der Waals surface area contributed by atoms with Crippen molar-refractivity contribution >= 4 is 0 Å². The van der Waals surface area contributed by atoms with E-state index in [4.69, 9.17) is 10.5 Å². The second-order valence-corrected chi connectivity index (χ2v) is 2.27. The topological polar surface area (TPSA) is 61.0 Å². The van der Waals surface area contributed by atoms with Crippen LogP contribution in [0.4, 0.5) is 0 Å². The highest BCUT2D eigenvalue weighted by Gasteiger charge is 2.01. The van der Waals surface area contributed by atoms with Crippen LogP contribution in [0.1, 0.15) is 18.7 Å². The normalized spacial score (nSPS) is 12.6. The van der Waals surface area contributed by atoms with E-state index < -0.39 is 0 Å². The van der Waals surface area contributed by atoms with Gasteiger partial charge in [-0.3, -0.25) is 0 Å². The number of hydrogen-bond acceptors (Lipinski definition) is 4. The summed E-state index contributed by atoms with van der Waals surface area (Å²) in [7, 11) is 1.56. The van der Waals surface area contributed by atoms with E-state index in [2.05, 4.69) is 9.97 Å². The molecule has 1 atom stereocenters. The third-order valence-electron chi connectivity index (χ3n) is 1.34. The van der Waals surface area contributed by atoms with E-state index in [-0.39, 0.29) is 6.04 Å². The zero-order valence-corrected chi connectivity index (χ0v) is 6.61. The van der Waals surface area contributed by atoms with Gasteiger partial charge in [-0.25, -0.2) is 9.97 Å². The minimum atomic E-state index is -0.0769. The third-order valence-corrected chi connectivity index (χ3v) is 1.34. The van der Waals surface area contributed by atoms with Crippen LogP contribution >= 0.6 is 0 Å². The van der Waals surface area contributed by atoms with Crippen molar-refractivity contribution in [3.8, 4) is 5.88 Å². The van der Waals surface area contributed by atoms with Crippen molar-refractivity contribution in [2.24, 2.45) is 5.73 Å². The molecule has 0 radical (unpaired) electrons. The van der Waals surface area contributed by atoms with E-state index in [1.165, 1.54) is 6.33 Å². The van der Waals surface area contributed by atoms with E-state index in [0.29, 0.717) is 5.88 Å². The standard InChI is InChI=1S/C7H11N3O/c1-5(8)6-3-7(11-2)10-4-9-6/h3-5H,8H2,1-2H3/t5-/m0/s1. The summed E-state index contributed by atoms with van der Waals surface area (Å²) >= 11 is 0. The Hall–Kier alpha value is -1.16. The van der Waals surface area contributed by atoms with E-state index in [9.17, 15) is 0 Å². The summed E-state index contributed by atoms with van der Waals surface area (Å²) in [5, 5.41) is 0. The van der Waals surface area contributed by atoms with Crippen molar-refractivity contribution in [3.05, 3.63) is 18.1 Å². The summed E-state index contributed by atoms with van der Waals surface area (Å²) in [6.45, 7) is 1.86. The van der Waals surface area contributed by atoms with Gasteiger partial charge in [-0.15, -0.1) is 0 Å². The van der Waals surface area contributed by atoms with Crippen LogP contribution in [-0.4, -0.2) is 17.1 Å². The molecule has 11 heavy (non-hydrogen) atoms. The van der Waals surface area contributed by atoms with Crippen LogP contribution in [-0.2, 0) is 0 Å². The number of nitrogens with two attached hydrogens (primary N) is 1. The van der Waals surface area contributed by atoms with E-state index in [0.717, 1.165) is 5.69 Å². The van der Waals surface area contributed by atoms with Crippen LogP contribution in [0, 0.1) is 0 Å². The van der Waals surface area contributed by atoms with Gasteiger partial charge in [-0.2, -0.15) is 0 Å². The molecule has 60 valence electrons. The highest BCUT2D eigenvalue weighted by molar-refractivity contribution is 5.15. The van der Waals surface area contributed by atoms with Crippen LogP contribution in [0.15, 0.2) is 12.4 Å². The molecule has 0 aliphatic carbocycles. The lowest BCUT2D eigenvalue weighted by Gasteiger charge is -2.04. The summed E-state index contributed by atoms with van der Waals surface area (Å²) < 4.78 is 4.90. The molecule has 0 saturated carbocycles. The molecule has 0 unspecified atom stereocenters. The van der Waals surface area contributed by atoms with Gasteiger partial charge < -0.3 is 10.5 Å². The van der Waals surface area contributed by atoms with Crippen molar-refractivity contribution in [2.45, 2.75) is 13.0 Å². The Bertz CT molecular complexity index is 237. The van der Waals surface area contributed by atoms with Crippen molar-refractivity contribution < 1.29 is 4.74 Å². The van der Waals surface area contributed by atoms with Gasteiger partial charge in [0.15, 0.2) is 0 Å². The molecule has 1 aromatic rings. The molecule has 1 aromatic heterocycles. The van der Waals surface area contributed by atoms with Gasteiger partial charge in [-0.05, 0) is 6.92 Å². The maximum absolute atomic E-state index is 5.59. The Balaban J connectivity index is 2.91. The van der Waals surface area contributed by atoms with Crippen LogP contribution in [0.25, 0.3) is 0 Å². The lowest BCUT2D eigenvalue weighted by atomic mass is 10.2. The first-order valence-electron chi connectivity index (χ1n) is 3.35. The fourth-order valence-corrected chi connectivity index (χ4v) is 0.714. The van der Waals surface area contributed by atoms with Crippen molar-refractivity contribution in [1.29, 1.82) is 0 Å². The first-order chi connectivity index (χ1) is 5.24. The minimum Gasteiger partial charge on any atom is -0.481 e. The molecule has 4 nitrogen and oxygen atoms in total. The molecule has 0 bridgehead atoms. The van der Waals surface area contributed by atoms with E-state index >= 15 is 0 Å². The molecular weight excluding hydrogens is 142 g/mol. The lowest BCUT2D eigenvalue weighted by Crippen LogP contribution is -2.07. The minimum absolute atomic E-state index is 0.0769. The van der Waals surface area contributed by atoms with Crippen LogP contribution in [0.5, 0.6) is 5.88 Å². The van der Waals surface area contributed by atoms with Crippen molar-refractivity contribution in [3.63, 3.8) is 0 Å². The Morgan fingerprint density at radius 1 is 1.55 bits per heavy atom. The predicted octanol–water partition coefficient (Wildman–Crippen LogP) is 0.505. The van der Waals surface area contributed by atoms with Crippen LogP contribution < -0.4 is 10.5 Å². The number of hydrogen-bond donors (Lipinski definition) is 1. The summed E-state index contributed by atoms with van der Waals surface area (Å²) in [6, 6.07) is 1.65. The number of nitrogens with zero attached hydrogens (tertiary/aromatic N) is 2. The maximum atomic E-state index is 5.59. The van der Waals surface area contributed by atoms with E-state index in [1.807, 2.05) is 6.92 Å². The quantitative estimate of drug-likeness (QED) is 0.672. The first kappa shape index (κ1) is 7.94. The van der Waals surface area contributed by atoms with Crippen LogP contribution in [0.3, 0.4) is 0 Å². The van der Waals surface area contributed by atoms with Gasteiger partial charge in [0.1, 0.15) is 6.33 Å². The highest BCUT2D eigenvalue weighted by Crippen LogP contribution is 2.10. The predicted molar refractivity (Wildman–Crippen MR) is 41.2 cm³/mol. The second kappa shape index (κ2) is 3.30. The fraction of sp³-hybridized carbons (Fsp3) is 0.429. The summed E-state index contributed by atoms with van der Waals surface area (Å²) in [4.78, 5) is 7.82. The molecule has 0 aromatic carbocycles. The molecule has 0 aliphatic heterocycles.